The monoisotopic (exact) mass is 400 g/mol. The topological polar surface area (TPSA) is 82.3 Å². The van der Waals surface area contributed by atoms with E-state index in [-0.39, 0.29) is 26.8 Å². The van der Waals surface area contributed by atoms with Crippen LogP contribution in [0.25, 0.3) is 0 Å². The minimum atomic E-state index is -0.203. The molecule has 6 heteroatoms. The van der Waals surface area contributed by atoms with Crippen LogP contribution in [0.5, 0.6) is 0 Å². The molecule has 0 saturated carbocycles. The van der Waals surface area contributed by atoms with Crippen molar-refractivity contribution in [1.82, 2.24) is 10.6 Å². The highest BCUT2D eigenvalue weighted by atomic mass is 16.2. The van der Waals surface area contributed by atoms with E-state index in [0.717, 1.165) is 42.0 Å². The van der Waals surface area contributed by atoms with E-state index in [0.29, 0.717) is 13.0 Å². The van der Waals surface area contributed by atoms with Gasteiger partial charge in [0.05, 0.1) is 0 Å². The third-order valence-corrected chi connectivity index (χ3v) is 4.02. The Morgan fingerprint density at radius 3 is 1.76 bits per heavy atom. The maximum Gasteiger partial charge on any atom is 0.319 e. The van der Waals surface area contributed by atoms with E-state index in [1.54, 1.807) is 0 Å². The van der Waals surface area contributed by atoms with Crippen LogP contribution < -0.4 is 21.3 Å². The lowest BCUT2D eigenvalue weighted by atomic mass is 10.0. The predicted octanol–water partition coefficient (Wildman–Crippen LogP) is 4.63. The molecule has 0 aliphatic carbocycles. The first kappa shape index (κ1) is 26.1. The van der Waals surface area contributed by atoms with Gasteiger partial charge in [0.2, 0.25) is 5.91 Å². The number of anilines is 2. The van der Waals surface area contributed by atoms with Crippen LogP contribution in [0.4, 0.5) is 16.2 Å². The predicted molar refractivity (Wildman–Crippen MR) is 124 cm³/mol. The summed E-state index contributed by atoms with van der Waals surface area (Å²) in [4.78, 5) is 23.2. The van der Waals surface area contributed by atoms with Gasteiger partial charge in [-0.05, 0) is 48.4 Å². The van der Waals surface area contributed by atoms with Crippen LogP contribution in [-0.4, -0.2) is 31.6 Å². The number of likely N-dealkylation sites (N-methyl/N-ethyl adjacent to an activating group) is 1. The largest absolute Gasteiger partial charge is 0.337 e. The molecule has 29 heavy (non-hydrogen) atoms. The lowest BCUT2D eigenvalue weighted by Crippen LogP contribution is -2.34. The Labute approximate surface area is 175 Å². The van der Waals surface area contributed by atoms with Gasteiger partial charge in [-0.3, -0.25) is 4.79 Å². The summed E-state index contributed by atoms with van der Waals surface area (Å²) in [6.07, 6.45) is 1.26. The van der Waals surface area contributed by atoms with Gasteiger partial charge in [-0.25, -0.2) is 4.79 Å². The summed E-state index contributed by atoms with van der Waals surface area (Å²) < 4.78 is 0. The van der Waals surface area contributed by atoms with Crippen molar-refractivity contribution < 1.29 is 9.59 Å². The molecular formula is C23H36N4O2. The second-order valence-corrected chi connectivity index (χ2v) is 6.21. The molecule has 6 nitrogen and oxygen atoms in total. The molecule has 2 aromatic rings. The van der Waals surface area contributed by atoms with Gasteiger partial charge >= 0.3 is 6.03 Å². The van der Waals surface area contributed by atoms with Crippen molar-refractivity contribution >= 4 is 23.3 Å². The molecular weight excluding hydrogens is 364 g/mol. The Morgan fingerprint density at radius 1 is 0.759 bits per heavy atom. The normalized spacial score (nSPS) is 9.59. The summed E-state index contributed by atoms with van der Waals surface area (Å²) in [7, 11) is 0. The Bertz CT molecular complexity index is 728. The van der Waals surface area contributed by atoms with Crippen LogP contribution in [0.1, 0.15) is 46.2 Å². The number of amides is 3. The molecule has 0 radical (unpaired) electrons. The number of carbonyl (C=O) groups is 2. The van der Waals surface area contributed by atoms with Crippen LogP contribution in [0.3, 0.4) is 0 Å². The van der Waals surface area contributed by atoms with E-state index in [1.807, 2.05) is 62.4 Å². The van der Waals surface area contributed by atoms with Crippen molar-refractivity contribution in [3.8, 4) is 0 Å². The lowest BCUT2D eigenvalue weighted by molar-refractivity contribution is -0.115. The van der Waals surface area contributed by atoms with Crippen molar-refractivity contribution in [2.45, 2.75) is 41.5 Å². The highest BCUT2D eigenvalue weighted by Gasteiger charge is 2.03. The summed E-state index contributed by atoms with van der Waals surface area (Å²) in [5, 5.41) is 11.6. The highest BCUT2D eigenvalue weighted by Crippen LogP contribution is 2.16. The highest BCUT2D eigenvalue weighted by molar-refractivity contribution is 5.90. The van der Waals surface area contributed by atoms with Crippen molar-refractivity contribution in [3.05, 3.63) is 59.7 Å². The van der Waals surface area contributed by atoms with Crippen LogP contribution in [0.15, 0.2) is 48.5 Å². The van der Waals surface area contributed by atoms with E-state index >= 15 is 0 Å². The van der Waals surface area contributed by atoms with Gasteiger partial charge in [0.1, 0.15) is 0 Å². The van der Waals surface area contributed by atoms with Crippen molar-refractivity contribution in [2.24, 2.45) is 0 Å². The van der Waals surface area contributed by atoms with E-state index in [2.05, 4.69) is 21.3 Å². The number of carbonyl (C=O) groups excluding carboxylic acids is 2. The number of hydrogen-bond donors (Lipinski definition) is 4. The second-order valence-electron chi connectivity index (χ2n) is 6.21. The van der Waals surface area contributed by atoms with Gasteiger partial charge in [0, 0.05) is 30.9 Å². The molecule has 2 rings (SSSR count). The minimum Gasteiger partial charge on any atom is -0.337 e. The van der Waals surface area contributed by atoms with Gasteiger partial charge < -0.3 is 21.3 Å². The smallest absolute Gasteiger partial charge is 0.319 e. The van der Waals surface area contributed by atoms with Gasteiger partial charge in [-0.2, -0.15) is 0 Å². The average molecular weight is 401 g/mol. The zero-order valence-corrected chi connectivity index (χ0v) is 16.0. The first-order valence-corrected chi connectivity index (χ1v) is 9.34. The fraction of sp³-hybridized carbons (Fsp3) is 0.391. The maximum absolute atomic E-state index is 11.8. The van der Waals surface area contributed by atoms with E-state index in [1.165, 1.54) is 0 Å². The molecule has 0 aromatic heterocycles. The third kappa shape index (κ3) is 9.76. The van der Waals surface area contributed by atoms with Gasteiger partial charge in [0.15, 0.2) is 0 Å². The molecule has 0 atom stereocenters. The van der Waals surface area contributed by atoms with Crippen LogP contribution in [0.2, 0.25) is 0 Å². The molecule has 0 aliphatic heterocycles. The van der Waals surface area contributed by atoms with Crippen molar-refractivity contribution in [3.63, 3.8) is 0 Å². The molecule has 2 aromatic carbocycles. The minimum absolute atomic E-state index is 0. The quantitative estimate of drug-likeness (QED) is 0.463. The Kier molecular flexibility index (Phi) is 12.8. The molecule has 3 amide bonds. The standard InChI is InChI=1S/C21H28N4O2.2CH4/c1-3-20(26)24-18-9-5-16(6-10-18)15-17-7-11-19(12-8-17)25-21(27)23-14-13-22-4-2;;/h5-12,22H,3-4,13-15H2,1-2H3,(H,24,26)(H2,23,25,27);2*1H4. The zero-order valence-electron chi connectivity index (χ0n) is 16.0. The fourth-order valence-corrected chi connectivity index (χ4v) is 2.51. The number of nitrogens with one attached hydrogen (secondary N) is 4. The molecule has 0 heterocycles. The van der Waals surface area contributed by atoms with Crippen molar-refractivity contribution in [2.75, 3.05) is 30.3 Å². The summed E-state index contributed by atoms with van der Waals surface area (Å²) >= 11 is 0. The maximum atomic E-state index is 11.8. The first-order valence-electron chi connectivity index (χ1n) is 9.34. The SMILES string of the molecule is C.C.CCNCCNC(=O)Nc1ccc(Cc2ccc(NC(=O)CC)cc2)cc1. The van der Waals surface area contributed by atoms with E-state index < -0.39 is 0 Å². The molecule has 160 valence electrons. The van der Waals surface area contributed by atoms with Gasteiger partial charge in [0.25, 0.3) is 0 Å². The number of urea groups is 1. The van der Waals surface area contributed by atoms with Gasteiger partial charge in [-0.15, -0.1) is 0 Å². The molecule has 0 aliphatic rings. The van der Waals surface area contributed by atoms with Crippen LogP contribution in [0, 0.1) is 0 Å². The number of rotatable bonds is 9. The number of benzene rings is 2. The molecule has 0 spiro atoms. The summed E-state index contributed by atoms with van der Waals surface area (Å²) in [6, 6.07) is 15.4. The first-order chi connectivity index (χ1) is 13.1. The second kappa shape index (κ2) is 14.2. The summed E-state index contributed by atoms with van der Waals surface area (Å²) in [5.41, 5.74) is 3.88. The molecule has 0 bridgehead atoms. The van der Waals surface area contributed by atoms with E-state index in [9.17, 15) is 9.59 Å². The Morgan fingerprint density at radius 2 is 1.28 bits per heavy atom. The molecule has 4 N–H and O–H groups in total. The third-order valence-electron chi connectivity index (χ3n) is 4.02. The Hall–Kier alpha value is -2.86. The van der Waals surface area contributed by atoms with E-state index in [4.69, 9.17) is 0 Å². The van der Waals surface area contributed by atoms with Crippen molar-refractivity contribution in [1.29, 1.82) is 0 Å². The molecule has 0 saturated heterocycles. The Balaban J connectivity index is 0.00000392. The molecule has 0 fully saturated rings. The zero-order chi connectivity index (χ0) is 19.5. The summed E-state index contributed by atoms with van der Waals surface area (Å²) in [5.74, 6) is 0.0107. The number of hydrogen-bond acceptors (Lipinski definition) is 3. The van der Waals surface area contributed by atoms with Crippen LogP contribution in [-0.2, 0) is 11.2 Å². The summed E-state index contributed by atoms with van der Waals surface area (Å²) in [6.45, 7) is 6.09. The van der Waals surface area contributed by atoms with Gasteiger partial charge in [-0.1, -0.05) is 53.0 Å². The average Bonchev–Trinajstić information content (AvgIpc) is 2.68. The van der Waals surface area contributed by atoms with Crippen LogP contribution >= 0.6 is 0 Å². The molecule has 0 unspecified atom stereocenters. The lowest BCUT2D eigenvalue weighted by Gasteiger charge is -2.09. The fourth-order valence-electron chi connectivity index (χ4n) is 2.51.